The predicted octanol–water partition coefficient (Wildman–Crippen LogP) is 1.04. The van der Waals surface area contributed by atoms with Crippen LogP contribution in [0.4, 0.5) is 0 Å². The van der Waals surface area contributed by atoms with Crippen molar-refractivity contribution in [3.05, 3.63) is 18.0 Å². The lowest BCUT2D eigenvalue weighted by Crippen LogP contribution is -2.01. The molecule has 0 amide bonds. The molecule has 4 heteroatoms. The van der Waals surface area contributed by atoms with E-state index >= 15 is 0 Å². The summed E-state index contributed by atoms with van der Waals surface area (Å²) >= 11 is 0. The van der Waals surface area contributed by atoms with Gasteiger partial charge in [0.25, 0.3) is 0 Å². The molecule has 2 rings (SSSR count). The van der Waals surface area contributed by atoms with E-state index in [1.54, 1.807) is 26.6 Å². The molecule has 1 atom stereocenters. The first-order valence-corrected chi connectivity index (χ1v) is 4.51. The molecule has 0 aliphatic carbocycles. The van der Waals surface area contributed by atoms with Crippen LogP contribution in [0.3, 0.4) is 0 Å². The van der Waals surface area contributed by atoms with Gasteiger partial charge in [0.15, 0.2) is 0 Å². The first-order valence-electron chi connectivity index (χ1n) is 4.51. The Morgan fingerprint density at radius 2 is 1.93 bits per heavy atom. The summed E-state index contributed by atoms with van der Waals surface area (Å²) in [5.41, 5.74) is 1.03. The van der Waals surface area contributed by atoms with Crippen LogP contribution in [-0.4, -0.2) is 31.9 Å². The molecular weight excluding hydrogens is 182 g/mol. The van der Waals surface area contributed by atoms with Crippen molar-refractivity contribution in [2.45, 2.75) is 12.5 Å². The lowest BCUT2D eigenvalue weighted by Gasteiger charge is -2.10. The average molecular weight is 195 g/mol. The Kier molecular flexibility index (Phi) is 2.54. The Labute approximate surface area is 82.8 Å². The van der Waals surface area contributed by atoms with E-state index in [1.165, 1.54) is 0 Å². The number of hydrogen-bond donors (Lipinski definition) is 0. The van der Waals surface area contributed by atoms with E-state index in [1.807, 2.05) is 0 Å². The molecule has 1 aromatic heterocycles. The lowest BCUT2D eigenvalue weighted by atomic mass is 10.1. The highest BCUT2D eigenvalue weighted by Crippen LogP contribution is 2.30. The van der Waals surface area contributed by atoms with Crippen molar-refractivity contribution in [3.63, 3.8) is 0 Å². The standard InChI is InChI=1S/C10H13NO3/c1-12-9-4-11-5-10(13-2)8(9)3-7-6-14-7/h4-5,7H,3,6H2,1-2H3. The van der Waals surface area contributed by atoms with Gasteiger partial charge >= 0.3 is 0 Å². The van der Waals surface area contributed by atoms with Gasteiger partial charge in [-0.2, -0.15) is 0 Å². The molecule has 0 aromatic carbocycles. The number of nitrogens with zero attached hydrogens (tertiary/aromatic N) is 1. The van der Waals surface area contributed by atoms with Crippen LogP contribution in [0.15, 0.2) is 12.4 Å². The number of ether oxygens (including phenoxy) is 3. The Hall–Kier alpha value is -1.29. The van der Waals surface area contributed by atoms with Crippen molar-refractivity contribution >= 4 is 0 Å². The van der Waals surface area contributed by atoms with Crippen LogP contribution < -0.4 is 9.47 Å². The van der Waals surface area contributed by atoms with Crippen LogP contribution in [0.25, 0.3) is 0 Å². The smallest absolute Gasteiger partial charge is 0.144 e. The summed E-state index contributed by atoms with van der Waals surface area (Å²) in [5.74, 6) is 1.53. The van der Waals surface area contributed by atoms with Crippen molar-refractivity contribution < 1.29 is 14.2 Å². The minimum atomic E-state index is 0.320. The molecule has 0 N–H and O–H groups in total. The summed E-state index contributed by atoms with van der Waals surface area (Å²) in [6.07, 6.45) is 4.54. The number of pyridine rings is 1. The minimum absolute atomic E-state index is 0.320. The van der Waals surface area contributed by atoms with E-state index in [0.29, 0.717) is 6.10 Å². The molecule has 1 aromatic rings. The molecule has 0 saturated carbocycles. The summed E-state index contributed by atoms with van der Waals surface area (Å²) < 4.78 is 15.6. The molecule has 1 fully saturated rings. The highest BCUT2D eigenvalue weighted by atomic mass is 16.6. The van der Waals surface area contributed by atoms with Gasteiger partial charge in [0.05, 0.1) is 39.3 Å². The largest absolute Gasteiger partial charge is 0.495 e. The van der Waals surface area contributed by atoms with Crippen LogP contribution in [0.1, 0.15) is 5.56 Å². The zero-order valence-electron chi connectivity index (χ0n) is 8.32. The summed E-state index contributed by atoms with van der Waals surface area (Å²) in [6.45, 7) is 0.828. The fourth-order valence-electron chi connectivity index (χ4n) is 1.42. The molecule has 0 bridgehead atoms. The van der Waals surface area contributed by atoms with Crippen molar-refractivity contribution in [2.24, 2.45) is 0 Å². The van der Waals surface area contributed by atoms with Crippen LogP contribution >= 0.6 is 0 Å². The number of aromatic nitrogens is 1. The maximum Gasteiger partial charge on any atom is 0.144 e. The van der Waals surface area contributed by atoms with Crippen LogP contribution in [0.2, 0.25) is 0 Å². The molecule has 76 valence electrons. The van der Waals surface area contributed by atoms with E-state index < -0.39 is 0 Å². The SMILES string of the molecule is COc1cncc(OC)c1CC1CO1. The third-order valence-corrected chi connectivity index (χ3v) is 2.25. The molecule has 1 aliphatic rings. The van der Waals surface area contributed by atoms with Gasteiger partial charge in [-0.1, -0.05) is 0 Å². The summed E-state index contributed by atoms with van der Waals surface area (Å²) in [5, 5.41) is 0. The average Bonchev–Trinajstić information content (AvgIpc) is 3.02. The molecule has 2 heterocycles. The number of hydrogen-bond acceptors (Lipinski definition) is 4. The molecule has 0 radical (unpaired) electrons. The van der Waals surface area contributed by atoms with Gasteiger partial charge in [0.2, 0.25) is 0 Å². The quantitative estimate of drug-likeness (QED) is 0.673. The number of rotatable bonds is 4. The van der Waals surface area contributed by atoms with E-state index in [2.05, 4.69) is 4.98 Å². The molecule has 1 unspecified atom stereocenters. The Bertz CT molecular complexity index is 301. The van der Waals surface area contributed by atoms with E-state index in [-0.39, 0.29) is 0 Å². The van der Waals surface area contributed by atoms with E-state index in [9.17, 15) is 0 Å². The molecule has 4 nitrogen and oxygen atoms in total. The molecule has 0 spiro atoms. The number of epoxide rings is 1. The highest BCUT2D eigenvalue weighted by Gasteiger charge is 2.26. The Morgan fingerprint density at radius 3 is 2.36 bits per heavy atom. The van der Waals surface area contributed by atoms with Crippen LogP contribution in [0.5, 0.6) is 11.5 Å². The zero-order chi connectivity index (χ0) is 9.97. The summed E-state index contributed by atoms with van der Waals surface area (Å²) in [7, 11) is 3.27. The monoisotopic (exact) mass is 195 g/mol. The van der Waals surface area contributed by atoms with Crippen molar-refractivity contribution in [2.75, 3.05) is 20.8 Å². The van der Waals surface area contributed by atoms with Crippen LogP contribution in [0, 0.1) is 0 Å². The molecular formula is C10H13NO3. The van der Waals surface area contributed by atoms with Gasteiger partial charge in [-0.15, -0.1) is 0 Å². The zero-order valence-corrected chi connectivity index (χ0v) is 8.32. The maximum absolute atomic E-state index is 5.22. The van der Waals surface area contributed by atoms with Crippen molar-refractivity contribution in [1.82, 2.24) is 4.98 Å². The van der Waals surface area contributed by atoms with Gasteiger partial charge in [-0.05, 0) is 0 Å². The fourth-order valence-corrected chi connectivity index (χ4v) is 1.42. The lowest BCUT2D eigenvalue weighted by molar-refractivity contribution is 0.368. The van der Waals surface area contributed by atoms with Gasteiger partial charge in [0, 0.05) is 12.0 Å². The normalized spacial score (nSPS) is 19.1. The summed E-state index contributed by atoms with van der Waals surface area (Å²) in [6, 6.07) is 0. The third-order valence-electron chi connectivity index (χ3n) is 2.25. The van der Waals surface area contributed by atoms with Crippen molar-refractivity contribution in [3.8, 4) is 11.5 Å². The second kappa shape index (κ2) is 3.84. The second-order valence-corrected chi connectivity index (χ2v) is 3.18. The molecule has 1 aliphatic heterocycles. The van der Waals surface area contributed by atoms with Gasteiger partial charge < -0.3 is 14.2 Å². The first kappa shape index (κ1) is 9.27. The highest BCUT2D eigenvalue weighted by molar-refractivity contribution is 5.42. The van der Waals surface area contributed by atoms with Gasteiger partial charge in [0.1, 0.15) is 11.5 Å². The second-order valence-electron chi connectivity index (χ2n) is 3.18. The Morgan fingerprint density at radius 1 is 1.36 bits per heavy atom. The third kappa shape index (κ3) is 1.80. The minimum Gasteiger partial charge on any atom is -0.495 e. The predicted molar refractivity (Wildman–Crippen MR) is 50.8 cm³/mol. The van der Waals surface area contributed by atoms with E-state index in [4.69, 9.17) is 14.2 Å². The molecule has 14 heavy (non-hydrogen) atoms. The van der Waals surface area contributed by atoms with E-state index in [0.717, 1.165) is 30.1 Å². The Balaban J connectivity index is 2.29. The topological polar surface area (TPSA) is 43.9 Å². The first-order chi connectivity index (χ1) is 6.85. The number of methoxy groups -OCH3 is 2. The molecule has 1 saturated heterocycles. The van der Waals surface area contributed by atoms with Gasteiger partial charge in [-0.3, -0.25) is 4.98 Å². The maximum atomic E-state index is 5.22. The van der Waals surface area contributed by atoms with Crippen LogP contribution in [-0.2, 0) is 11.2 Å². The van der Waals surface area contributed by atoms with Gasteiger partial charge in [-0.25, -0.2) is 0 Å². The summed E-state index contributed by atoms with van der Waals surface area (Å²) in [4.78, 5) is 4.02. The van der Waals surface area contributed by atoms with Crippen molar-refractivity contribution in [1.29, 1.82) is 0 Å². The fraction of sp³-hybridized carbons (Fsp3) is 0.500.